The largest absolute Gasteiger partial charge is 0.480 e. The Labute approximate surface area is 144 Å². The SMILES string of the molecule is O=C(Cc1c(F)cccc1F)N[C@H](CCCc1ccccc1)C(=O)O. The molecule has 0 aliphatic carbocycles. The Hall–Kier alpha value is -2.76. The molecule has 6 heteroatoms. The summed E-state index contributed by atoms with van der Waals surface area (Å²) in [6.07, 6.45) is 0.939. The fourth-order valence-corrected chi connectivity index (χ4v) is 2.52. The average molecular weight is 347 g/mol. The van der Waals surface area contributed by atoms with Gasteiger partial charge in [0.1, 0.15) is 17.7 Å². The van der Waals surface area contributed by atoms with Crippen LogP contribution in [0.3, 0.4) is 0 Å². The van der Waals surface area contributed by atoms with Crippen LogP contribution in [-0.2, 0) is 22.4 Å². The van der Waals surface area contributed by atoms with Crippen molar-refractivity contribution in [2.24, 2.45) is 0 Å². The van der Waals surface area contributed by atoms with Gasteiger partial charge in [-0.3, -0.25) is 4.79 Å². The van der Waals surface area contributed by atoms with Crippen molar-refractivity contribution in [2.45, 2.75) is 31.7 Å². The van der Waals surface area contributed by atoms with Crippen LogP contribution in [0.2, 0.25) is 0 Å². The molecule has 0 fully saturated rings. The van der Waals surface area contributed by atoms with Crippen molar-refractivity contribution >= 4 is 11.9 Å². The van der Waals surface area contributed by atoms with Gasteiger partial charge in [0.15, 0.2) is 0 Å². The van der Waals surface area contributed by atoms with Crippen LogP contribution in [-0.4, -0.2) is 23.0 Å². The molecule has 0 saturated carbocycles. The summed E-state index contributed by atoms with van der Waals surface area (Å²) in [6, 6.07) is 11.8. The predicted octanol–water partition coefficient (Wildman–Crippen LogP) is 3.10. The minimum atomic E-state index is -1.17. The predicted molar refractivity (Wildman–Crippen MR) is 89.0 cm³/mol. The van der Waals surface area contributed by atoms with E-state index >= 15 is 0 Å². The second kappa shape index (κ2) is 8.92. The fourth-order valence-electron chi connectivity index (χ4n) is 2.52. The third-order valence-electron chi connectivity index (χ3n) is 3.83. The third-order valence-corrected chi connectivity index (χ3v) is 3.83. The molecule has 4 nitrogen and oxygen atoms in total. The van der Waals surface area contributed by atoms with E-state index in [0.717, 1.165) is 17.7 Å². The molecule has 0 bridgehead atoms. The smallest absolute Gasteiger partial charge is 0.326 e. The number of halogens is 2. The molecule has 132 valence electrons. The molecular formula is C19H19F2NO3. The van der Waals surface area contributed by atoms with E-state index in [9.17, 15) is 23.5 Å². The van der Waals surface area contributed by atoms with Gasteiger partial charge in [-0.05, 0) is 37.0 Å². The number of carbonyl (C=O) groups excluding carboxylic acids is 1. The molecule has 0 aliphatic heterocycles. The molecule has 1 amide bonds. The van der Waals surface area contributed by atoms with Crippen molar-refractivity contribution in [3.05, 3.63) is 71.3 Å². The summed E-state index contributed by atoms with van der Waals surface area (Å²) >= 11 is 0. The molecular weight excluding hydrogens is 328 g/mol. The zero-order valence-corrected chi connectivity index (χ0v) is 13.5. The Kier molecular flexibility index (Phi) is 6.62. The Morgan fingerprint density at radius 1 is 1.00 bits per heavy atom. The van der Waals surface area contributed by atoms with Crippen LogP contribution in [0, 0.1) is 11.6 Å². The molecule has 0 unspecified atom stereocenters. The van der Waals surface area contributed by atoms with Gasteiger partial charge in [0.2, 0.25) is 5.91 Å². The summed E-state index contributed by atoms with van der Waals surface area (Å²) in [5.74, 6) is -3.55. The summed E-state index contributed by atoms with van der Waals surface area (Å²) in [7, 11) is 0. The lowest BCUT2D eigenvalue weighted by molar-refractivity contribution is -0.142. The van der Waals surface area contributed by atoms with E-state index in [1.54, 1.807) is 0 Å². The number of hydrogen-bond donors (Lipinski definition) is 2. The van der Waals surface area contributed by atoms with E-state index in [-0.39, 0.29) is 12.0 Å². The quantitative estimate of drug-likeness (QED) is 0.771. The summed E-state index contributed by atoms with van der Waals surface area (Å²) in [6.45, 7) is 0. The van der Waals surface area contributed by atoms with E-state index in [4.69, 9.17) is 0 Å². The van der Waals surface area contributed by atoms with Gasteiger partial charge in [0.05, 0.1) is 6.42 Å². The maximum Gasteiger partial charge on any atom is 0.326 e. The fraction of sp³-hybridized carbons (Fsp3) is 0.263. The second-order valence-electron chi connectivity index (χ2n) is 5.71. The van der Waals surface area contributed by atoms with Gasteiger partial charge < -0.3 is 10.4 Å². The first kappa shape index (κ1) is 18.6. The van der Waals surface area contributed by atoms with Crippen LogP contribution in [0.4, 0.5) is 8.78 Å². The van der Waals surface area contributed by atoms with Crippen LogP contribution in [0.5, 0.6) is 0 Å². The minimum Gasteiger partial charge on any atom is -0.480 e. The average Bonchev–Trinajstić information content (AvgIpc) is 2.58. The molecule has 1 atom stereocenters. The molecule has 2 aromatic rings. The maximum atomic E-state index is 13.6. The first-order valence-corrected chi connectivity index (χ1v) is 7.96. The molecule has 2 rings (SSSR count). The lowest BCUT2D eigenvalue weighted by atomic mass is 10.0. The van der Waals surface area contributed by atoms with E-state index in [1.807, 2.05) is 30.3 Å². The van der Waals surface area contributed by atoms with Crippen molar-refractivity contribution in [2.75, 3.05) is 0 Å². The molecule has 0 radical (unpaired) electrons. The standard InChI is InChI=1S/C19H19F2NO3/c20-15-9-5-10-16(21)14(15)12-18(23)22-17(19(24)25)11-4-8-13-6-2-1-3-7-13/h1-3,5-7,9-10,17H,4,8,11-12H2,(H,22,23)(H,24,25)/t17-/m1/s1. The Balaban J connectivity index is 1.90. The van der Waals surface area contributed by atoms with Crippen molar-refractivity contribution in [1.29, 1.82) is 0 Å². The van der Waals surface area contributed by atoms with Crippen LogP contribution in [0.1, 0.15) is 24.0 Å². The number of nitrogens with one attached hydrogen (secondary N) is 1. The van der Waals surface area contributed by atoms with E-state index in [1.165, 1.54) is 6.07 Å². The minimum absolute atomic E-state index is 0.232. The van der Waals surface area contributed by atoms with E-state index < -0.39 is 36.0 Å². The second-order valence-corrected chi connectivity index (χ2v) is 5.71. The maximum absolute atomic E-state index is 13.6. The Morgan fingerprint density at radius 3 is 2.24 bits per heavy atom. The van der Waals surface area contributed by atoms with Crippen molar-refractivity contribution < 1.29 is 23.5 Å². The number of hydrogen-bond acceptors (Lipinski definition) is 2. The van der Waals surface area contributed by atoms with Crippen LogP contribution < -0.4 is 5.32 Å². The highest BCUT2D eigenvalue weighted by Crippen LogP contribution is 2.13. The lowest BCUT2D eigenvalue weighted by Gasteiger charge is -2.15. The Bertz CT molecular complexity index is 714. The molecule has 0 heterocycles. The Morgan fingerprint density at radius 2 is 1.64 bits per heavy atom. The number of carbonyl (C=O) groups is 2. The number of benzene rings is 2. The number of carboxylic acids is 1. The third kappa shape index (κ3) is 5.67. The van der Waals surface area contributed by atoms with Gasteiger partial charge in [-0.25, -0.2) is 13.6 Å². The molecule has 2 aromatic carbocycles. The van der Waals surface area contributed by atoms with Gasteiger partial charge in [0, 0.05) is 5.56 Å². The van der Waals surface area contributed by atoms with Gasteiger partial charge in [-0.1, -0.05) is 36.4 Å². The van der Waals surface area contributed by atoms with Gasteiger partial charge in [0.25, 0.3) is 0 Å². The monoisotopic (exact) mass is 347 g/mol. The number of rotatable bonds is 8. The van der Waals surface area contributed by atoms with E-state index in [2.05, 4.69) is 5.32 Å². The molecule has 0 aromatic heterocycles. The molecule has 0 aliphatic rings. The summed E-state index contributed by atoms with van der Waals surface area (Å²) in [4.78, 5) is 23.3. The van der Waals surface area contributed by atoms with Crippen molar-refractivity contribution in [3.8, 4) is 0 Å². The van der Waals surface area contributed by atoms with Crippen LogP contribution >= 0.6 is 0 Å². The normalized spacial score (nSPS) is 11.8. The summed E-state index contributed by atoms with van der Waals surface area (Å²) < 4.78 is 27.1. The van der Waals surface area contributed by atoms with Crippen LogP contribution in [0.25, 0.3) is 0 Å². The topological polar surface area (TPSA) is 66.4 Å². The molecule has 2 N–H and O–H groups in total. The molecule has 0 saturated heterocycles. The lowest BCUT2D eigenvalue weighted by Crippen LogP contribution is -2.41. The van der Waals surface area contributed by atoms with E-state index in [0.29, 0.717) is 12.8 Å². The highest BCUT2D eigenvalue weighted by atomic mass is 19.1. The molecule has 25 heavy (non-hydrogen) atoms. The number of carboxylic acid groups (broad SMARTS) is 1. The highest BCUT2D eigenvalue weighted by Gasteiger charge is 2.21. The highest BCUT2D eigenvalue weighted by molar-refractivity contribution is 5.84. The van der Waals surface area contributed by atoms with Crippen LogP contribution in [0.15, 0.2) is 48.5 Å². The molecule has 0 spiro atoms. The zero-order valence-electron chi connectivity index (χ0n) is 13.5. The zero-order chi connectivity index (χ0) is 18.2. The van der Waals surface area contributed by atoms with Crippen molar-refractivity contribution in [3.63, 3.8) is 0 Å². The number of amides is 1. The first-order chi connectivity index (χ1) is 12.0. The number of aryl methyl sites for hydroxylation is 1. The number of aliphatic carboxylic acids is 1. The first-order valence-electron chi connectivity index (χ1n) is 7.96. The van der Waals surface area contributed by atoms with Crippen molar-refractivity contribution in [1.82, 2.24) is 5.32 Å². The summed E-state index contributed by atoms with van der Waals surface area (Å²) in [5, 5.41) is 11.6. The van der Waals surface area contributed by atoms with Gasteiger partial charge in [-0.15, -0.1) is 0 Å². The summed E-state index contributed by atoms with van der Waals surface area (Å²) in [5.41, 5.74) is 0.708. The van der Waals surface area contributed by atoms with Gasteiger partial charge in [-0.2, -0.15) is 0 Å². The van der Waals surface area contributed by atoms with Gasteiger partial charge >= 0.3 is 5.97 Å².